The van der Waals surface area contributed by atoms with E-state index >= 15 is 0 Å². The minimum Gasteiger partial charge on any atom is -0.207 e. The Kier molecular flexibility index (Phi) is 4.92. The molecule has 0 aliphatic carbocycles. The monoisotopic (exact) mass is 361 g/mol. The van der Waals surface area contributed by atoms with E-state index in [1.54, 1.807) is 12.3 Å². The molecule has 0 bridgehead atoms. The van der Waals surface area contributed by atoms with E-state index in [1.807, 2.05) is 0 Å². The lowest BCUT2D eigenvalue weighted by molar-refractivity contribution is -0.182. The van der Waals surface area contributed by atoms with Gasteiger partial charge in [0.25, 0.3) is 0 Å². The van der Waals surface area contributed by atoms with Gasteiger partial charge in [0.1, 0.15) is 4.90 Å². The van der Waals surface area contributed by atoms with E-state index in [4.69, 9.17) is 11.6 Å². The first-order valence-corrected chi connectivity index (χ1v) is 9.23. The number of thiophene rings is 1. The molecule has 0 aromatic carbocycles. The minimum absolute atomic E-state index is 0.0755. The first kappa shape index (κ1) is 17.1. The van der Waals surface area contributed by atoms with Crippen molar-refractivity contribution in [2.45, 2.75) is 36.7 Å². The maximum atomic E-state index is 12.6. The van der Waals surface area contributed by atoms with Crippen LogP contribution < -0.4 is 0 Å². The molecule has 3 nitrogen and oxygen atoms in total. The van der Waals surface area contributed by atoms with Gasteiger partial charge in [-0.2, -0.15) is 17.5 Å². The largest absolute Gasteiger partial charge is 0.391 e. The number of hydrogen-bond donors (Lipinski definition) is 0. The Morgan fingerprint density at radius 1 is 1.38 bits per heavy atom. The summed E-state index contributed by atoms with van der Waals surface area (Å²) in [6.45, 7) is 1.45. The molecule has 0 unspecified atom stereocenters. The summed E-state index contributed by atoms with van der Waals surface area (Å²) in [6.07, 6.45) is -4.64. The zero-order valence-electron chi connectivity index (χ0n) is 11.3. The normalized spacial score (nSPS) is 19.1. The fourth-order valence-electron chi connectivity index (χ4n) is 2.48. The summed E-state index contributed by atoms with van der Waals surface area (Å²) >= 11 is 7.01. The zero-order chi connectivity index (χ0) is 15.8. The molecule has 21 heavy (non-hydrogen) atoms. The first-order valence-electron chi connectivity index (χ1n) is 6.37. The Labute approximate surface area is 130 Å². The van der Waals surface area contributed by atoms with Crippen molar-refractivity contribution in [3.05, 3.63) is 15.8 Å². The molecule has 2 rings (SSSR count). The highest BCUT2D eigenvalue weighted by Gasteiger charge is 2.43. The molecule has 120 valence electrons. The van der Waals surface area contributed by atoms with Crippen molar-refractivity contribution in [2.75, 3.05) is 13.1 Å². The highest BCUT2D eigenvalue weighted by atomic mass is 35.5. The van der Waals surface area contributed by atoms with Crippen LogP contribution in [0.3, 0.4) is 0 Å². The van der Waals surface area contributed by atoms with Crippen molar-refractivity contribution < 1.29 is 21.6 Å². The van der Waals surface area contributed by atoms with Crippen molar-refractivity contribution in [3.8, 4) is 0 Å². The number of aryl methyl sites for hydroxylation is 1. The van der Waals surface area contributed by atoms with E-state index in [2.05, 4.69) is 0 Å². The molecule has 0 saturated carbocycles. The van der Waals surface area contributed by atoms with Gasteiger partial charge in [-0.1, -0.05) is 0 Å². The van der Waals surface area contributed by atoms with Crippen LogP contribution >= 0.6 is 22.9 Å². The van der Waals surface area contributed by atoms with Crippen LogP contribution in [-0.2, 0) is 15.9 Å². The molecule has 0 amide bonds. The molecule has 1 saturated heterocycles. The standard InChI is InChI=1S/C12H15ClF3NO2S2/c1-8-7-20-10(6-13)11(8)21(18,19)17-4-2-9(3-5-17)12(14,15)16/h7,9H,2-6H2,1H3. The Hall–Kier alpha value is -0.310. The van der Waals surface area contributed by atoms with Gasteiger partial charge in [0.15, 0.2) is 0 Å². The second kappa shape index (κ2) is 6.06. The smallest absolute Gasteiger partial charge is 0.207 e. The number of sulfonamides is 1. The summed E-state index contributed by atoms with van der Waals surface area (Å²) in [5.74, 6) is -1.34. The maximum Gasteiger partial charge on any atom is 0.391 e. The first-order chi connectivity index (χ1) is 9.67. The van der Waals surface area contributed by atoms with Crippen molar-refractivity contribution in [1.29, 1.82) is 0 Å². The molecule has 0 spiro atoms. The number of nitrogens with zero attached hydrogens (tertiary/aromatic N) is 1. The maximum absolute atomic E-state index is 12.6. The van der Waals surface area contributed by atoms with E-state index in [0.29, 0.717) is 10.4 Å². The Bertz CT molecular complexity index is 605. The van der Waals surface area contributed by atoms with Crippen LogP contribution in [0.15, 0.2) is 10.3 Å². The molecule has 1 aliphatic heterocycles. The third kappa shape index (κ3) is 3.38. The van der Waals surface area contributed by atoms with Crippen LogP contribution in [0.1, 0.15) is 23.3 Å². The Morgan fingerprint density at radius 2 is 1.95 bits per heavy atom. The SMILES string of the molecule is Cc1csc(CCl)c1S(=O)(=O)N1CCC(C(F)(F)F)CC1. The van der Waals surface area contributed by atoms with Gasteiger partial charge in [-0.3, -0.25) is 0 Å². The van der Waals surface area contributed by atoms with Gasteiger partial charge in [-0.05, 0) is 30.7 Å². The number of rotatable bonds is 3. The molecule has 0 atom stereocenters. The van der Waals surface area contributed by atoms with Crippen LogP contribution in [0, 0.1) is 12.8 Å². The lowest BCUT2D eigenvalue weighted by Gasteiger charge is -2.32. The fraction of sp³-hybridized carbons (Fsp3) is 0.667. The highest BCUT2D eigenvalue weighted by molar-refractivity contribution is 7.89. The number of halogens is 4. The van der Waals surface area contributed by atoms with E-state index in [0.717, 1.165) is 4.31 Å². The highest BCUT2D eigenvalue weighted by Crippen LogP contribution is 2.37. The second-order valence-corrected chi connectivity index (χ2v) is 8.13. The van der Waals surface area contributed by atoms with Gasteiger partial charge in [0.2, 0.25) is 10.0 Å². The van der Waals surface area contributed by atoms with E-state index in [-0.39, 0.29) is 36.7 Å². The zero-order valence-corrected chi connectivity index (χ0v) is 13.7. The van der Waals surface area contributed by atoms with Crippen LogP contribution in [-0.4, -0.2) is 32.0 Å². The average molecular weight is 362 g/mol. The quantitative estimate of drug-likeness (QED) is 0.769. The van der Waals surface area contributed by atoms with E-state index in [1.165, 1.54) is 11.3 Å². The summed E-state index contributed by atoms with van der Waals surface area (Å²) in [5.41, 5.74) is 0.591. The molecule has 0 radical (unpaired) electrons. The van der Waals surface area contributed by atoms with Gasteiger partial charge in [0, 0.05) is 18.0 Å². The van der Waals surface area contributed by atoms with Gasteiger partial charge >= 0.3 is 6.18 Å². The summed E-state index contributed by atoms with van der Waals surface area (Å²) in [6, 6.07) is 0. The van der Waals surface area contributed by atoms with Gasteiger partial charge in [-0.25, -0.2) is 8.42 Å². The van der Waals surface area contributed by atoms with Crippen LogP contribution in [0.5, 0.6) is 0 Å². The van der Waals surface area contributed by atoms with Crippen LogP contribution in [0.4, 0.5) is 13.2 Å². The van der Waals surface area contributed by atoms with E-state index < -0.39 is 22.1 Å². The third-order valence-electron chi connectivity index (χ3n) is 3.63. The van der Waals surface area contributed by atoms with Crippen LogP contribution in [0.25, 0.3) is 0 Å². The number of hydrogen-bond acceptors (Lipinski definition) is 3. The Balaban J connectivity index is 2.21. The molecule has 1 fully saturated rings. The summed E-state index contributed by atoms with van der Waals surface area (Å²) in [5, 5.41) is 1.70. The number of piperidine rings is 1. The van der Waals surface area contributed by atoms with E-state index in [9.17, 15) is 21.6 Å². The van der Waals surface area contributed by atoms with Gasteiger partial charge in [-0.15, -0.1) is 22.9 Å². The van der Waals surface area contributed by atoms with Gasteiger partial charge in [0.05, 0.1) is 11.8 Å². The third-order valence-corrected chi connectivity index (χ3v) is 7.41. The molecular formula is C12H15ClF3NO2S2. The lowest BCUT2D eigenvalue weighted by Crippen LogP contribution is -2.42. The summed E-state index contributed by atoms with van der Waals surface area (Å²) in [4.78, 5) is 0.695. The molecule has 1 aliphatic rings. The molecule has 1 aromatic heterocycles. The van der Waals surface area contributed by atoms with Crippen molar-refractivity contribution in [3.63, 3.8) is 0 Å². The Morgan fingerprint density at radius 3 is 2.43 bits per heavy atom. The van der Waals surface area contributed by atoms with Gasteiger partial charge < -0.3 is 0 Å². The lowest BCUT2D eigenvalue weighted by atomic mass is 9.98. The molecule has 0 N–H and O–H groups in total. The predicted molar refractivity (Wildman–Crippen MR) is 76.2 cm³/mol. The fourth-order valence-corrected chi connectivity index (χ4v) is 5.96. The minimum atomic E-state index is -4.25. The molecular weight excluding hydrogens is 347 g/mol. The molecule has 2 heterocycles. The molecule has 1 aromatic rings. The van der Waals surface area contributed by atoms with Crippen molar-refractivity contribution >= 4 is 33.0 Å². The predicted octanol–water partition coefficient (Wildman–Crippen LogP) is 3.76. The summed E-state index contributed by atoms with van der Waals surface area (Å²) < 4.78 is 64.2. The summed E-state index contributed by atoms with van der Waals surface area (Å²) in [7, 11) is -3.77. The second-order valence-electron chi connectivity index (χ2n) is 5.02. The van der Waals surface area contributed by atoms with Crippen molar-refractivity contribution in [2.24, 2.45) is 5.92 Å². The number of alkyl halides is 4. The van der Waals surface area contributed by atoms with Crippen molar-refractivity contribution in [1.82, 2.24) is 4.31 Å². The average Bonchev–Trinajstić information content (AvgIpc) is 2.79. The van der Waals surface area contributed by atoms with Crippen LogP contribution in [0.2, 0.25) is 0 Å². The topological polar surface area (TPSA) is 37.4 Å². The molecule has 9 heteroatoms.